The highest BCUT2D eigenvalue weighted by atomic mass is 79.9. The number of hydrogen-bond acceptors (Lipinski definition) is 3. The fourth-order valence-electron chi connectivity index (χ4n) is 1.33. The quantitative estimate of drug-likeness (QED) is 0.676. The minimum Gasteiger partial charge on any atom is -0.438 e. The summed E-state index contributed by atoms with van der Waals surface area (Å²) in [6, 6.07) is 7.51. The number of amidine groups is 1. The Kier molecular flexibility index (Phi) is 3.57. The van der Waals surface area contributed by atoms with E-state index in [1.165, 1.54) is 24.4 Å². The van der Waals surface area contributed by atoms with Crippen molar-refractivity contribution in [3.05, 3.63) is 52.4 Å². The van der Waals surface area contributed by atoms with Crippen LogP contribution in [-0.2, 0) is 0 Å². The van der Waals surface area contributed by atoms with Crippen LogP contribution in [-0.4, -0.2) is 10.8 Å². The zero-order valence-electron chi connectivity index (χ0n) is 9.15. The molecule has 0 spiro atoms. The lowest BCUT2D eigenvalue weighted by Gasteiger charge is -2.09. The molecule has 0 atom stereocenters. The van der Waals surface area contributed by atoms with Gasteiger partial charge in [0.2, 0.25) is 5.88 Å². The van der Waals surface area contributed by atoms with Crippen LogP contribution in [0.1, 0.15) is 5.56 Å². The van der Waals surface area contributed by atoms with E-state index in [0.29, 0.717) is 15.8 Å². The Balaban J connectivity index is 2.34. The molecular formula is C12H9BrFN3O. The van der Waals surface area contributed by atoms with E-state index in [1.54, 1.807) is 12.1 Å². The van der Waals surface area contributed by atoms with Crippen LogP contribution in [0, 0.1) is 11.2 Å². The Labute approximate surface area is 111 Å². The zero-order valence-corrected chi connectivity index (χ0v) is 10.7. The molecule has 6 heteroatoms. The van der Waals surface area contributed by atoms with Crippen molar-refractivity contribution in [2.45, 2.75) is 0 Å². The molecule has 0 unspecified atom stereocenters. The maximum atomic E-state index is 13.1. The number of nitrogen functional groups attached to an aromatic ring is 1. The third-order valence-corrected chi connectivity index (χ3v) is 2.77. The van der Waals surface area contributed by atoms with Crippen LogP contribution in [0.25, 0.3) is 0 Å². The van der Waals surface area contributed by atoms with Crippen LogP contribution in [0.4, 0.5) is 4.39 Å². The molecule has 0 bridgehead atoms. The van der Waals surface area contributed by atoms with Crippen molar-refractivity contribution >= 4 is 21.8 Å². The second-order valence-electron chi connectivity index (χ2n) is 3.45. The van der Waals surface area contributed by atoms with Crippen LogP contribution >= 0.6 is 15.9 Å². The molecule has 0 saturated carbocycles. The standard InChI is InChI=1S/C12H9BrFN3O/c13-9-6-7(3-4-10(9)14)18-12-8(11(15)16)2-1-5-17-12/h1-6H,(H3,15,16). The van der Waals surface area contributed by atoms with E-state index >= 15 is 0 Å². The summed E-state index contributed by atoms with van der Waals surface area (Å²) in [5.41, 5.74) is 5.80. The number of aromatic nitrogens is 1. The second-order valence-corrected chi connectivity index (χ2v) is 4.30. The van der Waals surface area contributed by atoms with Gasteiger partial charge in [0.25, 0.3) is 0 Å². The van der Waals surface area contributed by atoms with E-state index < -0.39 is 0 Å². The summed E-state index contributed by atoms with van der Waals surface area (Å²) in [6.07, 6.45) is 1.53. The summed E-state index contributed by atoms with van der Waals surface area (Å²) < 4.78 is 18.8. The number of ether oxygens (including phenoxy) is 1. The average Bonchev–Trinajstić information content (AvgIpc) is 2.34. The van der Waals surface area contributed by atoms with Gasteiger partial charge in [-0.25, -0.2) is 9.37 Å². The summed E-state index contributed by atoms with van der Waals surface area (Å²) in [5.74, 6) is 0.0995. The molecule has 0 aliphatic carbocycles. The lowest BCUT2D eigenvalue weighted by atomic mass is 10.2. The predicted molar refractivity (Wildman–Crippen MR) is 69.4 cm³/mol. The van der Waals surface area contributed by atoms with E-state index in [0.717, 1.165) is 0 Å². The third kappa shape index (κ3) is 2.65. The van der Waals surface area contributed by atoms with Gasteiger partial charge in [-0.15, -0.1) is 0 Å². The SMILES string of the molecule is N=C(N)c1cccnc1Oc1ccc(F)c(Br)c1. The maximum Gasteiger partial charge on any atom is 0.230 e. The van der Waals surface area contributed by atoms with Crippen LogP contribution in [0.15, 0.2) is 41.0 Å². The highest BCUT2D eigenvalue weighted by molar-refractivity contribution is 9.10. The van der Waals surface area contributed by atoms with Crippen molar-refractivity contribution in [2.24, 2.45) is 5.73 Å². The van der Waals surface area contributed by atoms with Gasteiger partial charge in [-0.3, -0.25) is 5.41 Å². The third-order valence-electron chi connectivity index (χ3n) is 2.17. The highest BCUT2D eigenvalue weighted by Crippen LogP contribution is 2.26. The molecule has 0 fully saturated rings. The Morgan fingerprint density at radius 2 is 2.17 bits per heavy atom. The fourth-order valence-corrected chi connectivity index (χ4v) is 1.69. The number of pyridine rings is 1. The van der Waals surface area contributed by atoms with E-state index in [4.69, 9.17) is 15.9 Å². The van der Waals surface area contributed by atoms with Crippen molar-refractivity contribution in [1.82, 2.24) is 4.98 Å². The van der Waals surface area contributed by atoms with Gasteiger partial charge in [-0.1, -0.05) is 0 Å². The minimum atomic E-state index is -0.379. The van der Waals surface area contributed by atoms with Gasteiger partial charge >= 0.3 is 0 Å². The molecule has 1 aromatic heterocycles. The monoisotopic (exact) mass is 309 g/mol. The van der Waals surface area contributed by atoms with E-state index in [-0.39, 0.29) is 17.5 Å². The molecule has 1 heterocycles. The Morgan fingerprint density at radius 3 is 2.83 bits per heavy atom. The lowest BCUT2D eigenvalue weighted by molar-refractivity contribution is 0.459. The van der Waals surface area contributed by atoms with Crippen molar-refractivity contribution in [2.75, 3.05) is 0 Å². The molecule has 92 valence electrons. The number of nitrogens with zero attached hydrogens (tertiary/aromatic N) is 1. The molecule has 3 N–H and O–H groups in total. The number of hydrogen-bond donors (Lipinski definition) is 2. The molecule has 0 saturated heterocycles. The molecule has 0 aliphatic heterocycles. The summed E-state index contributed by atoms with van der Waals surface area (Å²) >= 11 is 3.06. The first-order valence-electron chi connectivity index (χ1n) is 5.00. The Bertz CT molecular complexity index is 604. The van der Waals surface area contributed by atoms with Gasteiger partial charge in [0.05, 0.1) is 10.0 Å². The molecular weight excluding hydrogens is 301 g/mol. The molecule has 18 heavy (non-hydrogen) atoms. The minimum absolute atomic E-state index is 0.140. The number of nitrogens with one attached hydrogen (secondary N) is 1. The molecule has 0 aliphatic rings. The molecule has 0 radical (unpaired) electrons. The molecule has 2 rings (SSSR count). The van der Waals surface area contributed by atoms with E-state index in [1.807, 2.05) is 0 Å². The van der Waals surface area contributed by atoms with Crippen molar-refractivity contribution in [3.8, 4) is 11.6 Å². The summed E-state index contributed by atoms with van der Waals surface area (Å²) in [4.78, 5) is 4.00. The first-order chi connectivity index (χ1) is 8.58. The van der Waals surface area contributed by atoms with E-state index in [2.05, 4.69) is 20.9 Å². The normalized spacial score (nSPS) is 10.1. The average molecular weight is 310 g/mol. The number of halogens is 2. The summed E-state index contributed by atoms with van der Waals surface area (Å²) in [5, 5.41) is 7.41. The lowest BCUT2D eigenvalue weighted by Crippen LogP contribution is -2.12. The van der Waals surface area contributed by atoms with Crippen molar-refractivity contribution in [1.29, 1.82) is 5.41 Å². The van der Waals surface area contributed by atoms with Crippen molar-refractivity contribution in [3.63, 3.8) is 0 Å². The van der Waals surface area contributed by atoms with Crippen LogP contribution in [0.5, 0.6) is 11.6 Å². The molecule has 2 aromatic rings. The first-order valence-corrected chi connectivity index (χ1v) is 5.79. The predicted octanol–water partition coefficient (Wildman–Crippen LogP) is 3.06. The summed E-state index contributed by atoms with van der Waals surface area (Å²) in [6.45, 7) is 0. The van der Waals surface area contributed by atoms with Gasteiger partial charge in [0.1, 0.15) is 17.4 Å². The molecule has 4 nitrogen and oxygen atoms in total. The Hall–Kier alpha value is -1.95. The maximum absolute atomic E-state index is 13.1. The van der Waals surface area contributed by atoms with Gasteiger partial charge in [0.15, 0.2) is 0 Å². The number of benzene rings is 1. The zero-order chi connectivity index (χ0) is 13.1. The fraction of sp³-hybridized carbons (Fsp3) is 0. The van der Waals surface area contributed by atoms with E-state index in [9.17, 15) is 4.39 Å². The Morgan fingerprint density at radius 1 is 1.39 bits per heavy atom. The van der Waals surface area contributed by atoms with Gasteiger partial charge < -0.3 is 10.5 Å². The van der Waals surface area contributed by atoms with Crippen LogP contribution < -0.4 is 10.5 Å². The van der Waals surface area contributed by atoms with Crippen molar-refractivity contribution < 1.29 is 9.13 Å². The van der Waals surface area contributed by atoms with Crippen LogP contribution in [0.2, 0.25) is 0 Å². The van der Waals surface area contributed by atoms with Crippen LogP contribution in [0.3, 0.4) is 0 Å². The number of rotatable bonds is 3. The number of nitrogens with two attached hydrogens (primary N) is 1. The summed E-state index contributed by atoms with van der Waals surface area (Å²) in [7, 11) is 0. The van der Waals surface area contributed by atoms with Gasteiger partial charge in [-0.2, -0.15) is 0 Å². The highest BCUT2D eigenvalue weighted by Gasteiger charge is 2.09. The topological polar surface area (TPSA) is 72.0 Å². The van der Waals surface area contributed by atoms with Gasteiger partial charge in [-0.05, 0) is 46.3 Å². The molecule has 0 amide bonds. The second kappa shape index (κ2) is 5.14. The first kappa shape index (κ1) is 12.5. The van der Waals surface area contributed by atoms with Gasteiger partial charge in [0, 0.05) is 6.20 Å². The largest absolute Gasteiger partial charge is 0.438 e. The smallest absolute Gasteiger partial charge is 0.230 e. The molecule has 1 aromatic carbocycles.